The maximum Gasteiger partial charge on any atom is 0.267 e. The van der Waals surface area contributed by atoms with E-state index < -0.39 is 0 Å². The van der Waals surface area contributed by atoms with Crippen LogP contribution in [0.5, 0.6) is 0 Å². The van der Waals surface area contributed by atoms with Crippen molar-refractivity contribution in [2.45, 2.75) is 25.8 Å². The SMILES string of the molecule is CC1CCC(=NNc2ccccc2)C(=O)N1. The van der Waals surface area contributed by atoms with Gasteiger partial charge in [0.25, 0.3) is 5.91 Å². The lowest BCUT2D eigenvalue weighted by Crippen LogP contribution is -2.43. The first-order valence-corrected chi connectivity index (χ1v) is 5.44. The van der Waals surface area contributed by atoms with Gasteiger partial charge >= 0.3 is 0 Å². The number of para-hydroxylation sites is 1. The number of rotatable bonds is 2. The molecule has 1 fully saturated rings. The lowest BCUT2D eigenvalue weighted by Gasteiger charge is -2.20. The summed E-state index contributed by atoms with van der Waals surface area (Å²) in [6.07, 6.45) is 1.67. The minimum atomic E-state index is -0.0674. The standard InChI is InChI=1S/C12H15N3O/c1-9-7-8-11(12(16)13-9)15-14-10-5-3-2-4-6-10/h2-6,9,14H,7-8H2,1H3,(H,13,16). The predicted octanol–water partition coefficient (Wildman–Crippen LogP) is 1.75. The van der Waals surface area contributed by atoms with Gasteiger partial charge in [0, 0.05) is 6.04 Å². The van der Waals surface area contributed by atoms with Crippen molar-refractivity contribution in [2.24, 2.45) is 5.10 Å². The van der Waals surface area contributed by atoms with E-state index in [-0.39, 0.29) is 11.9 Å². The number of nitrogens with one attached hydrogen (secondary N) is 2. The second-order valence-corrected chi connectivity index (χ2v) is 3.95. The fraction of sp³-hybridized carbons (Fsp3) is 0.333. The zero-order chi connectivity index (χ0) is 11.4. The summed E-state index contributed by atoms with van der Waals surface area (Å²) in [4.78, 5) is 11.5. The highest BCUT2D eigenvalue weighted by Gasteiger charge is 2.20. The Balaban J connectivity index is 2.00. The summed E-state index contributed by atoms with van der Waals surface area (Å²) >= 11 is 0. The molecule has 2 N–H and O–H groups in total. The second-order valence-electron chi connectivity index (χ2n) is 3.95. The zero-order valence-electron chi connectivity index (χ0n) is 9.23. The summed E-state index contributed by atoms with van der Waals surface area (Å²) < 4.78 is 0. The number of hydrogen-bond donors (Lipinski definition) is 2. The van der Waals surface area contributed by atoms with Crippen LogP contribution in [0.2, 0.25) is 0 Å². The summed E-state index contributed by atoms with van der Waals surface area (Å²) in [5.74, 6) is -0.0674. The number of carbonyl (C=O) groups is 1. The maximum absolute atomic E-state index is 11.5. The molecule has 1 saturated heterocycles. The fourth-order valence-electron chi connectivity index (χ4n) is 1.60. The maximum atomic E-state index is 11.5. The van der Waals surface area contributed by atoms with Gasteiger partial charge in [-0.25, -0.2) is 0 Å². The van der Waals surface area contributed by atoms with Crippen LogP contribution in [0, 0.1) is 0 Å². The number of carbonyl (C=O) groups excluding carboxylic acids is 1. The largest absolute Gasteiger partial charge is 0.348 e. The summed E-state index contributed by atoms with van der Waals surface area (Å²) in [6, 6.07) is 9.86. The van der Waals surface area contributed by atoms with Crippen molar-refractivity contribution in [1.82, 2.24) is 5.32 Å². The van der Waals surface area contributed by atoms with E-state index >= 15 is 0 Å². The van der Waals surface area contributed by atoms with Gasteiger partial charge in [-0.05, 0) is 31.9 Å². The first kappa shape index (κ1) is 10.7. The van der Waals surface area contributed by atoms with Gasteiger partial charge in [0.15, 0.2) is 0 Å². The average Bonchev–Trinajstić information content (AvgIpc) is 2.29. The van der Waals surface area contributed by atoms with Crippen LogP contribution in [0.25, 0.3) is 0 Å². The van der Waals surface area contributed by atoms with E-state index in [2.05, 4.69) is 15.8 Å². The number of piperidine rings is 1. The molecule has 1 aromatic rings. The van der Waals surface area contributed by atoms with Crippen LogP contribution in [-0.4, -0.2) is 17.7 Å². The van der Waals surface area contributed by atoms with Crippen molar-refractivity contribution in [3.05, 3.63) is 30.3 Å². The third kappa shape index (κ3) is 2.59. The molecule has 1 aromatic carbocycles. The minimum Gasteiger partial charge on any atom is -0.348 e. The third-order valence-corrected chi connectivity index (χ3v) is 2.55. The molecule has 4 heteroatoms. The van der Waals surface area contributed by atoms with E-state index in [0.717, 1.165) is 18.5 Å². The van der Waals surface area contributed by atoms with Gasteiger partial charge in [-0.3, -0.25) is 10.2 Å². The van der Waals surface area contributed by atoms with Crippen molar-refractivity contribution in [3.63, 3.8) is 0 Å². The lowest BCUT2D eigenvalue weighted by molar-refractivity contribution is -0.116. The molecule has 1 atom stereocenters. The Bertz CT molecular complexity index is 400. The highest BCUT2D eigenvalue weighted by molar-refractivity contribution is 6.39. The molecule has 4 nitrogen and oxygen atoms in total. The number of hydrogen-bond acceptors (Lipinski definition) is 3. The zero-order valence-corrected chi connectivity index (χ0v) is 9.23. The van der Waals surface area contributed by atoms with Crippen LogP contribution in [0.1, 0.15) is 19.8 Å². The Hall–Kier alpha value is -1.84. The minimum absolute atomic E-state index is 0.0674. The Kier molecular flexibility index (Phi) is 3.19. The van der Waals surface area contributed by atoms with Crippen LogP contribution >= 0.6 is 0 Å². The summed E-state index contributed by atoms with van der Waals surface area (Å²) in [7, 11) is 0. The molecule has 2 rings (SSSR count). The van der Waals surface area contributed by atoms with Crippen LogP contribution < -0.4 is 10.7 Å². The van der Waals surface area contributed by atoms with Gasteiger partial charge in [0.1, 0.15) is 5.71 Å². The highest BCUT2D eigenvalue weighted by Crippen LogP contribution is 2.08. The molecule has 0 bridgehead atoms. The smallest absolute Gasteiger partial charge is 0.267 e. The van der Waals surface area contributed by atoms with Gasteiger partial charge in [-0.15, -0.1) is 0 Å². The number of benzene rings is 1. The number of amides is 1. The predicted molar refractivity (Wildman–Crippen MR) is 64.3 cm³/mol. The molecule has 0 radical (unpaired) electrons. The first-order chi connectivity index (χ1) is 7.75. The molecule has 0 aromatic heterocycles. The van der Waals surface area contributed by atoms with Crippen molar-refractivity contribution in [2.75, 3.05) is 5.43 Å². The summed E-state index contributed by atoms with van der Waals surface area (Å²) in [5.41, 5.74) is 4.35. The lowest BCUT2D eigenvalue weighted by atomic mass is 10.0. The average molecular weight is 217 g/mol. The van der Waals surface area contributed by atoms with Gasteiger partial charge in [0.05, 0.1) is 5.69 Å². The van der Waals surface area contributed by atoms with Crippen LogP contribution in [0.15, 0.2) is 35.4 Å². The molecule has 1 heterocycles. The van der Waals surface area contributed by atoms with Crippen LogP contribution in [0.4, 0.5) is 5.69 Å². The number of anilines is 1. The second kappa shape index (κ2) is 4.79. The monoisotopic (exact) mass is 217 g/mol. The van der Waals surface area contributed by atoms with Crippen molar-refractivity contribution in [1.29, 1.82) is 0 Å². The van der Waals surface area contributed by atoms with Crippen LogP contribution in [-0.2, 0) is 4.79 Å². The van der Waals surface area contributed by atoms with E-state index in [1.54, 1.807) is 0 Å². The molecule has 16 heavy (non-hydrogen) atoms. The van der Waals surface area contributed by atoms with E-state index in [4.69, 9.17) is 0 Å². The van der Waals surface area contributed by atoms with Crippen LogP contribution in [0.3, 0.4) is 0 Å². The van der Waals surface area contributed by atoms with E-state index in [9.17, 15) is 4.79 Å². The van der Waals surface area contributed by atoms with Gasteiger partial charge in [0.2, 0.25) is 0 Å². The molecule has 1 aliphatic rings. The van der Waals surface area contributed by atoms with Crippen molar-refractivity contribution >= 4 is 17.3 Å². The third-order valence-electron chi connectivity index (χ3n) is 2.55. The summed E-state index contributed by atoms with van der Waals surface area (Å²) in [5, 5.41) is 6.98. The molecule has 0 saturated carbocycles. The molecular weight excluding hydrogens is 202 g/mol. The summed E-state index contributed by atoms with van der Waals surface area (Å²) in [6.45, 7) is 2.00. The fourth-order valence-corrected chi connectivity index (χ4v) is 1.60. The Morgan fingerprint density at radius 3 is 2.81 bits per heavy atom. The van der Waals surface area contributed by atoms with Crippen molar-refractivity contribution in [3.8, 4) is 0 Å². The van der Waals surface area contributed by atoms with E-state index in [1.807, 2.05) is 37.3 Å². The Morgan fingerprint density at radius 2 is 2.12 bits per heavy atom. The van der Waals surface area contributed by atoms with E-state index in [0.29, 0.717) is 5.71 Å². The molecule has 1 aliphatic heterocycles. The van der Waals surface area contributed by atoms with E-state index in [1.165, 1.54) is 0 Å². The van der Waals surface area contributed by atoms with Gasteiger partial charge in [-0.1, -0.05) is 18.2 Å². The Labute approximate surface area is 94.7 Å². The highest BCUT2D eigenvalue weighted by atomic mass is 16.2. The topological polar surface area (TPSA) is 53.5 Å². The molecular formula is C12H15N3O. The number of nitrogens with zero attached hydrogens (tertiary/aromatic N) is 1. The normalized spacial score (nSPS) is 22.9. The molecule has 0 spiro atoms. The van der Waals surface area contributed by atoms with Crippen molar-refractivity contribution < 1.29 is 4.79 Å². The molecule has 84 valence electrons. The molecule has 1 amide bonds. The molecule has 0 aliphatic carbocycles. The van der Waals surface area contributed by atoms with Gasteiger partial charge < -0.3 is 5.32 Å². The quantitative estimate of drug-likeness (QED) is 0.741. The number of hydrazone groups is 1. The van der Waals surface area contributed by atoms with Gasteiger partial charge in [-0.2, -0.15) is 5.10 Å². The molecule has 1 unspecified atom stereocenters. The first-order valence-electron chi connectivity index (χ1n) is 5.44. The Morgan fingerprint density at radius 1 is 1.38 bits per heavy atom.